The summed E-state index contributed by atoms with van der Waals surface area (Å²) in [6.45, 7) is 4.44. The summed E-state index contributed by atoms with van der Waals surface area (Å²) in [5.41, 5.74) is 15.1. The predicted octanol–water partition coefficient (Wildman–Crippen LogP) is 5.33. The van der Waals surface area contributed by atoms with E-state index in [4.69, 9.17) is 0 Å². The SMILES string of the molecule is Cc1ccc([C](c2ccc(C)cc2)=[Ti+2]([C]2=CC=CC2)[c]2cc(C3CCCCC3)cc3c2Cc2ccc(C4CCCCC4)cc2-3)cc1.[Cl-].[Cl-]. The second-order valence-corrected chi connectivity index (χ2v) is 18.5. The summed E-state index contributed by atoms with van der Waals surface area (Å²) in [7, 11) is 0. The molecule has 0 bridgehead atoms. The van der Waals surface area contributed by atoms with Crippen LogP contribution in [0.1, 0.15) is 127 Å². The van der Waals surface area contributed by atoms with Gasteiger partial charge in [-0.1, -0.05) is 0 Å². The molecule has 4 aliphatic carbocycles. The van der Waals surface area contributed by atoms with E-state index in [0.717, 1.165) is 18.8 Å². The Hall–Kier alpha value is -2.48. The van der Waals surface area contributed by atoms with Crippen molar-refractivity contribution in [2.45, 2.75) is 103 Å². The molecule has 0 aromatic heterocycles. The molecule has 0 spiro atoms. The van der Waals surface area contributed by atoms with Crippen molar-refractivity contribution < 1.29 is 42.2 Å². The van der Waals surface area contributed by atoms with E-state index in [1.165, 1.54) is 86.5 Å². The molecule has 4 aromatic rings. The average molecular weight is 708 g/mol. The Morgan fingerprint density at radius 1 is 0.604 bits per heavy atom. The van der Waals surface area contributed by atoms with Crippen molar-refractivity contribution in [3.8, 4) is 11.1 Å². The zero-order valence-electron chi connectivity index (χ0n) is 28.6. The van der Waals surface area contributed by atoms with Crippen molar-refractivity contribution in [2.24, 2.45) is 0 Å². The third-order valence-electron chi connectivity index (χ3n) is 11.5. The van der Waals surface area contributed by atoms with Crippen LogP contribution in [0.4, 0.5) is 0 Å². The van der Waals surface area contributed by atoms with Gasteiger partial charge in [0.2, 0.25) is 0 Å². The molecule has 0 N–H and O–H groups in total. The van der Waals surface area contributed by atoms with Gasteiger partial charge >= 0.3 is 284 Å². The molecule has 3 heteroatoms. The average Bonchev–Trinajstić information content (AvgIpc) is 3.77. The van der Waals surface area contributed by atoms with Crippen LogP contribution in [0.5, 0.6) is 0 Å². The molecule has 0 atom stereocenters. The molecule has 2 fully saturated rings. The maximum Gasteiger partial charge on any atom is -1.00 e. The Morgan fingerprint density at radius 3 is 1.73 bits per heavy atom. The van der Waals surface area contributed by atoms with Crippen molar-refractivity contribution in [3.05, 3.63) is 145 Å². The Kier molecular flexibility index (Phi) is 11.5. The van der Waals surface area contributed by atoms with Gasteiger partial charge in [0.15, 0.2) is 0 Å². The molecule has 0 nitrogen and oxygen atoms in total. The third-order valence-corrected chi connectivity index (χ3v) is 16.3. The number of halogens is 2. The Labute approximate surface area is 307 Å². The van der Waals surface area contributed by atoms with Gasteiger partial charge in [0.05, 0.1) is 0 Å². The third kappa shape index (κ3) is 7.07. The van der Waals surface area contributed by atoms with Gasteiger partial charge in [-0.05, 0) is 0 Å². The Bertz CT molecular complexity index is 1800. The normalized spacial score (nSPS) is 17.0. The van der Waals surface area contributed by atoms with Gasteiger partial charge in [0.1, 0.15) is 0 Å². The second-order valence-electron chi connectivity index (χ2n) is 14.7. The van der Waals surface area contributed by atoms with E-state index >= 15 is 0 Å². The molecule has 8 rings (SSSR count). The second kappa shape index (κ2) is 15.6. The summed E-state index contributed by atoms with van der Waals surface area (Å²) in [4.78, 5) is 0. The largest absolute Gasteiger partial charge is 1.00 e. The summed E-state index contributed by atoms with van der Waals surface area (Å²) in [6, 6.07) is 32.1. The van der Waals surface area contributed by atoms with E-state index < -0.39 is 17.4 Å². The molecule has 0 aliphatic heterocycles. The van der Waals surface area contributed by atoms with Gasteiger partial charge in [-0.15, -0.1) is 0 Å². The van der Waals surface area contributed by atoms with Crippen LogP contribution in [0.25, 0.3) is 11.1 Å². The molecule has 0 amide bonds. The summed E-state index contributed by atoms with van der Waals surface area (Å²) >= 11 is -2.24. The molecule has 0 unspecified atom stereocenters. The fraction of sp³-hybridized carbons (Fsp3) is 0.356. The predicted molar refractivity (Wildman–Crippen MR) is 193 cm³/mol. The molecule has 246 valence electrons. The minimum Gasteiger partial charge on any atom is -1.00 e. The van der Waals surface area contributed by atoms with Crippen LogP contribution in [0.3, 0.4) is 0 Å². The summed E-state index contributed by atoms with van der Waals surface area (Å²) in [5, 5.41) is 0. The molecule has 2 saturated carbocycles. The zero-order valence-corrected chi connectivity index (χ0v) is 31.7. The molecule has 0 saturated heterocycles. The summed E-state index contributed by atoms with van der Waals surface area (Å²) < 4.78 is 5.04. The molecule has 0 heterocycles. The molecule has 0 radical (unpaired) electrons. The van der Waals surface area contributed by atoms with Gasteiger partial charge < -0.3 is 24.8 Å². The number of fused-ring (bicyclic) bond motifs is 3. The van der Waals surface area contributed by atoms with Gasteiger partial charge in [-0.25, -0.2) is 0 Å². The fourth-order valence-electron chi connectivity index (χ4n) is 8.90. The van der Waals surface area contributed by atoms with Gasteiger partial charge in [0, 0.05) is 0 Å². The molecule has 48 heavy (non-hydrogen) atoms. The topological polar surface area (TPSA) is 0 Å². The van der Waals surface area contributed by atoms with E-state index in [1.54, 1.807) is 44.9 Å². The molecule has 4 aliphatic rings. The first-order valence-electron chi connectivity index (χ1n) is 18.2. The van der Waals surface area contributed by atoms with Crippen molar-refractivity contribution in [3.63, 3.8) is 0 Å². The first-order chi connectivity index (χ1) is 22.6. The quantitative estimate of drug-likeness (QED) is 0.210. The van der Waals surface area contributed by atoms with Crippen LogP contribution >= 0.6 is 0 Å². The van der Waals surface area contributed by atoms with Crippen molar-refractivity contribution in [1.82, 2.24) is 0 Å². The van der Waals surface area contributed by atoms with E-state index in [-0.39, 0.29) is 24.8 Å². The van der Waals surface area contributed by atoms with Crippen molar-refractivity contribution in [2.75, 3.05) is 0 Å². The van der Waals surface area contributed by atoms with Gasteiger partial charge in [-0.3, -0.25) is 0 Å². The van der Waals surface area contributed by atoms with Crippen LogP contribution in [-0.4, -0.2) is 3.81 Å². The number of hydrogen-bond acceptors (Lipinski definition) is 0. The Balaban J connectivity index is 0.00000201. The molecular formula is C45H48Cl2Ti. The van der Waals surface area contributed by atoms with Crippen LogP contribution in [-0.2, 0) is 23.8 Å². The minimum atomic E-state index is -2.24. The monoisotopic (exact) mass is 706 g/mol. The van der Waals surface area contributed by atoms with Crippen LogP contribution in [0.2, 0.25) is 0 Å². The maximum absolute atomic E-state index is 2.76. The standard InChI is InChI=1S/C25H29.C15H14.C5H5.2ClH.Ti/c1-3-7-18(8-4-1)20-11-13-22-15-23-14-12-21(17-25(23)24(22)16-20)19-9-5-2-6-10-19;1-12-3-7-14(8-4-12)11-15-9-5-13(2)6-10-15;1-2-4-5-3-1;;;/h11-13,16-19H,1-10,15H2;3-10H,1-2H3;1-3H,4H2;2*1H;/q;;;;;+2/p-2. The number of benzene rings is 4. The van der Waals surface area contributed by atoms with Crippen LogP contribution in [0.15, 0.2) is 101 Å². The van der Waals surface area contributed by atoms with Crippen LogP contribution in [0, 0.1) is 13.8 Å². The number of aryl methyl sites for hydroxylation is 2. The van der Waals surface area contributed by atoms with Gasteiger partial charge in [0.25, 0.3) is 0 Å². The molecular weight excluding hydrogens is 659 g/mol. The Morgan fingerprint density at radius 2 is 1.17 bits per heavy atom. The zero-order chi connectivity index (χ0) is 31.0. The first-order valence-corrected chi connectivity index (χ1v) is 20.5. The van der Waals surface area contributed by atoms with E-state index in [2.05, 4.69) is 111 Å². The minimum absolute atomic E-state index is 0. The summed E-state index contributed by atoms with van der Waals surface area (Å²) in [6.07, 6.45) is 23.2. The van der Waals surface area contributed by atoms with Gasteiger partial charge in [-0.2, -0.15) is 0 Å². The first kappa shape index (κ1) is 35.4. The van der Waals surface area contributed by atoms with E-state index in [0.29, 0.717) is 5.92 Å². The van der Waals surface area contributed by atoms with E-state index in [9.17, 15) is 0 Å². The number of hydrogen-bond donors (Lipinski definition) is 0. The van der Waals surface area contributed by atoms with Crippen LogP contribution < -0.4 is 28.7 Å². The maximum atomic E-state index is 2.76. The summed E-state index contributed by atoms with van der Waals surface area (Å²) in [5.74, 6) is 1.44. The number of allylic oxidation sites excluding steroid dienone is 4. The van der Waals surface area contributed by atoms with Crippen molar-refractivity contribution >= 4 is 7.68 Å². The molecule has 4 aromatic carbocycles. The smallest absolute Gasteiger partial charge is 1.00 e. The fourth-order valence-corrected chi connectivity index (χ4v) is 14.0. The number of rotatable bonds is 6. The van der Waals surface area contributed by atoms with Crippen molar-refractivity contribution in [1.29, 1.82) is 0 Å². The van der Waals surface area contributed by atoms with E-state index in [1.807, 2.05) is 0 Å².